The van der Waals surface area contributed by atoms with Crippen molar-refractivity contribution in [2.75, 3.05) is 19.8 Å². The van der Waals surface area contributed by atoms with Crippen LogP contribution in [0, 0.1) is 11.7 Å². The Labute approximate surface area is 186 Å². The van der Waals surface area contributed by atoms with E-state index in [0.29, 0.717) is 37.4 Å². The summed E-state index contributed by atoms with van der Waals surface area (Å²) in [5.74, 6) is -0.742. The molecule has 2 aromatic carbocycles. The van der Waals surface area contributed by atoms with Gasteiger partial charge in [-0.2, -0.15) is 13.5 Å². The van der Waals surface area contributed by atoms with Gasteiger partial charge in [-0.15, -0.1) is 0 Å². The normalized spacial score (nSPS) is 18.8. The third-order valence-electron chi connectivity index (χ3n) is 5.63. The lowest BCUT2D eigenvalue weighted by molar-refractivity contribution is -0.142. The minimum absolute atomic E-state index is 0. The topological polar surface area (TPSA) is 88.1 Å². The van der Waals surface area contributed by atoms with Crippen LogP contribution in [0.4, 0.5) is 4.39 Å². The minimum atomic E-state index is -0.650. The van der Waals surface area contributed by atoms with Gasteiger partial charge in [0, 0.05) is 30.3 Å². The molecule has 0 aliphatic carbocycles. The third-order valence-corrected chi connectivity index (χ3v) is 5.63. The molecule has 166 valence electrons. The lowest BCUT2D eigenvalue weighted by atomic mass is 9.96. The van der Waals surface area contributed by atoms with E-state index in [-0.39, 0.29) is 49.9 Å². The van der Waals surface area contributed by atoms with Crippen LogP contribution in [0.3, 0.4) is 0 Å². The number of nitrogens with one attached hydrogen (secondary N) is 1. The lowest BCUT2D eigenvalue weighted by Crippen LogP contribution is -2.41. The van der Waals surface area contributed by atoms with Crippen molar-refractivity contribution >= 4 is 25.3 Å². The van der Waals surface area contributed by atoms with Gasteiger partial charge in [0.05, 0.1) is 12.6 Å². The van der Waals surface area contributed by atoms with Crippen LogP contribution in [0.5, 0.6) is 5.75 Å². The molecule has 0 aromatic heterocycles. The van der Waals surface area contributed by atoms with Crippen molar-refractivity contribution in [1.82, 2.24) is 10.4 Å². The Morgan fingerprint density at radius 3 is 2.61 bits per heavy atom. The zero-order valence-electron chi connectivity index (χ0n) is 16.8. The van der Waals surface area contributed by atoms with E-state index in [1.54, 1.807) is 34.6 Å². The van der Waals surface area contributed by atoms with Crippen molar-refractivity contribution in [2.24, 2.45) is 5.92 Å². The molecule has 4 rings (SSSR count). The van der Waals surface area contributed by atoms with Crippen LogP contribution < -0.4 is 10.2 Å². The van der Waals surface area contributed by atoms with Crippen LogP contribution in [-0.4, -0.2) is 41.7 Å². The fourth-order valence-electron chi connectivity index (χ4n) is 3.98. The highest BCUT2D eigenvalue weighted by atomic mass is 32.1. The van der Waals surface area contributed by atoms with Gasteiger partial charge in [-0.3, -0.25) is 14.8 Å². The van der Waals surface area contributed by atoms with Crippen molar-refractivity contribution in [3.05, 3.63) is 65.0 Å². The number of hydroxylamine groups is 1. The molecule has 0 radical (unpaired) electrons. The molecule has 7 nitrogen and oxygen atoms in total. The van der Waals surface area contributed by atoms with Crippen molar-refractivity contribution in [2.45, 2.75) is 25.4 Å². The molecular weight excluding hydrogens is 423 g/mol. The van der Waals surface area contributed by atoms with Crippen LogP contribution in [0.15, 0.2) is 42.5 Å². The summed E-state index contributed by atoms with van der Waals surface area (Å²) in [5, 5.41) is 8.88. The van der Waals surface area contributed by atoms with Gasteiger partial charge in [-0.1, -0.05) is 18.2 Å². The van der Waals surface area contributed by atoms with Gasteiger partial charge >= 0.3 is 0 Å². The van der Waals surface area contributed by atoms with E-state index in [1.807, 2.05) is 0 Å². The summed E-state index contributed by atoms with van der Waals surface area (Å²) in [6, 6.07) is 10.5. The number of halogens is 1. The number of rotatable bonds is 3. The van der Waals surface area contributed by atoms with E-state index in [2.05, 4.69) is 0 Å². The largest absolute Gasteiger partial charge is 0.491 e. The molecule has 2 aliphatic heterocycles. The number of carbonyl (C=O) groups is 2. The van der Waals surface area contributed by atoms with Gasteiger partial charge in [-0.05, 0) is 42.7 Å². The highest BCUT2D eigenvalue weighted by molar-refractivity contribution is 7.59. The minimum Gasteiger partial charge on any atom is -0.491 e. The van der Waals surface area contributed by atoms with Gasteiger partial charge in [0.15, 0.2) is 0 Å². The zero-order valence-corrected chi connectivity index (χ0v) is 17.8. The number of ether oxygens (including phenoxy) is 2. The van der Waals surface area contributed by atoms with Crippen LogP contribution in [0.2, 0.25) is 0 Å². The first-order valence-electron chi connectivity index (χ1n) is 9.90. The first-order chi connectivity index (χ1) is 14.6. The van der Waals surface area contributed by atoms with Gasteiger partial charge in [0.1, 0.15) is 18.2 Å². The van der Waals surface area contributed by atoms with Crippen LogP contribution in [-0.2, 0) is 16.1 Å². The number of carbonyl (C=O) groups excluding carboxylic acids is 2. The Morgan fingerprint density at radius 1 is 1.13 bits per heavy atom. The predicted octanol–water partition coefficient (Wildman–Crippen LogP) is 2.95. The molecule has 2 heterocycles. The highest BCUT2D eigenvalue weighted by Crippen LogP contribution is 2.34. The van der Waals surface area contributed by atoms with Gasteiger partial charge in [-0.25, -0.2) is 9.87 Å². The highest BCUT2D eigenvalue weighted by Gasteiger charge is 2.34. The van der Waals surface area contributed by atoms with Crippen molar-refractivity contribution in [1.29, 1.82) is 0 Å². The Morgan fingerprint density at radius 2 is 1.90 bits per heavy atom. The summed E-state index contributed by atoms with van der Waals surface area (Å²) >= 11 is 0. The summed E-state index contributed by atoms with van der Waals surface area (Å²) in [4.78, 5) is 26.9. The zero-order chi connectivity index (χ0) is 21.1. The molecule has 0 spiro atoms. The van der Waals surface area contributed by atoms with Crippen LogP contribution in [0.25, 0.3) is 0 Å². The van der Waals surface area contributed by atoms with E-state index in [4.69, 9.17) is 14.7 Å². The molecule has 31 heavy (non-hydrogen) atoms. The maximum absolute atomic E-state index is 13.9. The quantitative estimate of drug-likeness (QED) is 0.557. The molecular formula is C22H25FN2O5S. The van der Waals surface area contributed by atoms with E-state index in [9.17, 15) is 14.0 Å². The van der Waals surface area contributed by atoms with E-state index < -0.39 is 11.9 Å². The fourth-order valence-corrected chi connectivity index (χ4v) is 3.98. The molecule has 0 unspecified atom stereocenters. The molecule has 0 saturated carbocycles. The summed E-state index contributed by atoms with van der Waals surface area (Å²) in [7, 11) is 0. The average Bonchev–Trinajstić information content (AvgIpc) is 2.98. The van der Waals surface area contributed by atoms with E-state index >= 15 is 0 Å². The Balaban J connectivity index is 0.00000272. The monoisotopic (exact) mass is 448 g/mol. The number of benzene rings is 2. The second-order valence-electron chi connectivity index (χ2n) is 7.50. The van der Waals surface area contributed by atoms with Crippen molar-refractivity contribution in [3.8, 4) is 5.75 Å². The SMILES string of the molecule is O=C(NO)c1ccc2c(c1)OC[C@H](c1cccc(F)c1)N(C(=O)C1CCOCC1)C2.S. The number of nitrogens with zero attached hydrogens (tertiary/aromatic N) is 1. The average molecular weight is 449 g/mol. The smallest absolute Gasteiger partial charge is 0.274 e. The van der Waals surface area contributed by atoms with Crippen molar-refractivity contribution in [3.63, 3.8) is 0 Å². The van der Waals surface area contributed by atoms with E-state index in [0.717, 1.165) is 5.56 Å². The molecule has 2 amide bonds. The molecule has 1 saturated heterocycles. The van der Waals surface area contributed by atoms with Crippen LogP contribution in [0.1, 0.15) is 40.4 Å². The number of hydrogen-bond acceptors (Lipinski definition) is 5. The van der Waals surface area contributed by atoms with Crippen molar-refractivity contribution < 1.29 is 28.7 Å². The molecule has 9 heteroatoms. The molecule has 2 N–H and O–H groups in total. The maximum Gasteiger partial charge on any atom is 0.274 e. The maximum atomic E-state index is 13.9. The first-order valence-corrected chi connectivity index (χ1v) is 9.90. The summed E-state index contributed by atoms with van der Waals surface area (Å²) < 4.78 is 25.3. The Kier molecular flexibility index (Phi) is 7.53. The predicted molar refractivity (Wildman–Crippen MR) is 115 cm³/mol. The lowest BCUT2D eigenvalue weighted by Gasteiger charge is -2.34. The van der Waals surface area contributed by atoms with Gasteiger partial charge < -0.3 is 14.4 Å². The van der Waals surface area contributed by atoms with Gasteiger partial charge in [0.25, 0.3) is 5.91 Å². The Hall–Kier alpha value is -2.62. The molecule has 0 bridgehead atoms. The molecule has 2 aliphatic rings. The first kappa shape index (κ1) is 23.1. The second kappa shape index (κ2) is 10.1. The summed E-state index contributed by atoms with van der Waals surface area (Å²) in [5.41, 5.74) is 3.23. The number of amides is 2. The molecule has 2 aromatic rings. The third kappa shape index (κ3) is 5.00. The molecule has 1 fully saturated rings. The summed E-state index contributed by atoms with van der Waals surface area (Å²) in [6.07, 6.45) is 1.29. The fraction of sp³-hybridized carbons (Fsp3) is 0.364. The second-order valence-corrected chi connectivity index (χ2v) is 7.50. The number of fused-ring (bicyclic) bond motifs is 1. The Bertz CT molecular complexity index is 951. The van der Waals surface area contributed by atoms with E-state index in [1.165, 1.54) is 18.2 Å². The van der Waals surface area contributed by atoms with Crippen LogP contribution >= 0.6 is 13.5 Å². The summed E-state index contributed by atoms with van der Waals surface area (Å²) in [6.45, 7) is 1.48. The van der Waals surface area contributed by atoms with Gasteiger partial charge in [0.2, 0.25) is 5.91 Å². The molecule has 1 atom stereocenters. The standard InChI is InChI=1S/C22H23FN2O5.H2S/c23-18-3-1-2-15(10-18)19-13-30-20-11-16(21(26)24-28)4-5-17(20)12-25(19)22(27)14-6-8-29-9-7-14;/h1-5,10-11,14,19,28H,6-9,12-13H2,(H,24,26);1H2/t19-;/m1./s1. The number of hydrogen-bond donors (Lipinski definition) is 2.